The van der Waals surface area contributed by atoms with Crippen molar-refractivity contribution in [2.75, 3.05) is 5.75 Å². The van der Waals surface area contributed by atoms with Crippen molar-refractivity contribution in [1.82, 2.24) is 20.5 Å². The third-order valence-corrected chi connectivity index (χ3v) is 5.04. The number of aromatic amines is 1. The Bertz CT molecular complexity index is 992. The van der Waals surface area contributed by atoms with Gasteiger partial charge in [-0.1, -0.05) is 59.2 Å². The molecule has 0 unspecified atom stereocenters. The number of nitrogens with zero attached hydrogens (tertiary/aromatic N) is 2. The van der Waals surface area contributed by atoms with Gasteiger partial charge in [0.15, 0.2) is 0 Å². The number of amides is 1. The molecule has 0 bridgehead atoms. The van der Waals surface area contributed by atoms with Gasteiger partial charge in [-0.15, -0.1) is 5.10 Å². The molecule has 0 fully saturated rings. The fourth-order valence-electron chi connectivity index (χ4n) is 2.19. The van der Waals surface area contributed by atoms with Crippen molar-refractivity contribution in [3.05, 3.63) is 75.3 Å². The minimum absolute atomic E-state index is 0.163. The first kappa shape index (κ1) is 20.4. The molecule has 144 valence electrons. The molecule has 9 heteroatoms. The SMILES string of the molecule is O=C(CSc1n[nH]c(/C=C/c2ccc(F)cc2)n1)NCc1ccc(Cl)cc1Cl. The van der Waals surface area contributed by atoms with Gasteiger partial charge >= 0.3 is 0 Å². The fraction of sp³-hybridized carbons (Fsp3) is 0.105. The van der Waals surface area contributed by atoms with Crippen LogP contribution in [0.2, 0.25) is 10.0 Å². The van der Waals surface area contributed by atoms with Crippen LogP contribution in [0.5, 0.6) is 0 Å². The summed E-state index contributed by atoms with van der Waals surface area (Å²) in [5.74, 6) is 0.265. The van der Waals surface area contributed by atoms with E-state index in [0.717, 1.165) is 11.1 Å². The Morgan fingerprint density at radius 1 is 1.18 bits per heavy atom. The van der Waals surface area contributed by atoms with Crippen LogP contribution in [0.15, 0.2) is 47.6 Å². The number of hydrogen-bond acceptors (Lipinski definition) is 4. The third-order valence-electron chi connectivity index (χ3n) is 3.61. The summed E-state index contributed by atoms with van der Waals surface area (Å²) in [6.45, 7) is 0.315. The first-order valence-electron chi connectivity index (χ1n) is 8.19. The van der Waals surface area contributed by atoms with E-state index in [-0.39, 0.29) is 17.5 Å². The fourth-order valence-corrected chi connectivity index (χ4v) is 3.30. The van der Waals surface area contributed by atoms with Crippen LogP contribution in [0.3, 0.4) is 0 Å². The minimum Gasteiger partial charge on any atom is -0.351 e. The van der Waals surface area contributed by atoms with Crippen molar-refractivity contribution in [3.63, 3.8) is 0 Å². The molecule has 0 aliphatic rings. The van der Waals surface area contributed by atoms with Gasteiger partial charge in [-0.25, -0.2) is 9.37 Å². The van der Waals surface area contributed by atoms with Crippen LogP contribution in [0, 0.1) is 5.82 Å². The number of rotatable bonds is 7. The Hall–Kier alpha value is -2.35. The van der Waals surface area contributed by atoms with Crippen molar-refractivity contribution in [2.24, 2.45) is 0 Å². The molecule has 3 rings (SSSR count). The molecule has 1 aromatic heterocycles. The monoisotopic (exact) mass is 436 g/mol. The van der Waals surface area contributed by atoms with Crippen molar-refractivity contribution in [2.45, 2.75) is 11.7 Å². The highest BCUT2D eigenvalue weighted by atomic mass is 35.5. The number of aromatic nitrogens is 3. The Kier molecular flexibility index (Phi) is 7.08. The smallest absolute Gasteiger partial charge is 0.230 e. The van der Waals surface area contributed by atoms with Gasteiger partial charge in [-0.3, -0.25) is 9.89 Å². The van der Waals surface area contributed by atoms with Crippen LogP contribution in [0.1, 0.15) is 17.0 Å². The topological polar surface area (TPSA) is 70.7 Å². The van der Waals surface area contributed by atoms with E-state index >= 15 is 0 Å². The van der Waals surface area contributed by atoms with Crippen LogP contribution in [0.25, 0.3) is 12.2 Å². The summed E-state index contributed by atoms with van der Waals surface area (Å²) in [4.78, 5) is 16.3. The average Bonchev–Trinajstić information content (AvgIpc) is 3.13. The van der Waals surface area contributed by atoms with Crippen molar-refractivity contribution < 1.29 is 9.18 Å². The molecule has 0 aliphatic carbocycles. The van der Waals surface area contributed by atoms with Gasteiger partial charge in [0.05, 0.1) is 5.75 Å². The summed E-state index contributed by atoms with van der Waals surface area (Å²) in [6, 6.07) is 11.2. The van der Waals surface area contributed by atoms with Crippen LogP contribution in [0.4, 0.5) is 4.39 Å². The van der Waals surface area contributed by atoms with Gasteiger partial charge in [-0.05, 0) is 41.5 Å². The van der Waals surface area contributed by atoms with Crippen LogP contribution >= 0.6 is 35.0 Å². The van der Waals surface area contributed by atoms with Gasteiger partial charge in [0.2, 0.25) is 11.1 Å². The Balaban J connectivity index is 1.47. The summed E-state index contributed by atoms with van der Waals surface area (Å²) in [5.41, 5.74) is 1.63. The first-order valence-corrected chi connectivity index (χ1v) is 9.93. The Morgan fingerprint density at radius 3 is 2.71 bits per heavy atom. The lowest BCUT2D eigenvalue weighted by Crippen LogP contribution is -2.24. The molecule has 2 aromatic carbocycles. The third kappa shape index (κ3) is 6.09. The van der Waals surface area contributed by atoms with E-state index in [1.165, 1.54) is 23.9 Å². The lowest BCUT2D eigenvalue weighted by atomic mass is 10.2. The summed E-state index contributed by atoms with van der Waals surface area (Å²) < 4.78 is 12.9. The van der Waals surface area contributed by atoms with E-state index in [4.69, 9.17) is 23.2 Å². The minimum atomic E-state index is -0.285. The van der Waals surface area contributed by atoms with Gasteiger partial charge in [-0.2, -0.15) is 0 Å². The van der Waals surface area contributed by atoms with E-state index in [1.807, 2.05) is 0 Å². The molecule has 28 heavy (non-hydrogen) atoms. The van der Waals surface area contributed by atoms with Crippen LogP contribution in [-0.4, -0.2) is 26.8 Å². The zero-order valence-electron chi connectivity index (χ0n) is 14.5. The zero-order chi connectivity index (χ0) is 19.9. The highest BCUT2D eigenvalue weighted by Gasteiger charge is 2.08. The van der Waals surface area contributed by atoms with Crippen LogP contribution < -0.4 is 5.32 Å². The van der Waals surface area contributed by atoms with Gasteiger partial charge in [0.1, 0.15) is 11.6 Å². The summed E-state index contributed by atoms with van der Waals surface area (Å²) >= 11 is 13.1. The average molecular weight is 437 g/mol. The molecule has 1 amide bonds. The molecule has 1 heterocycles. The maximum atomic E-state index is 12.9. The summed E-state index contributed by atoms with van der Waals surface area (Å²) in [7, 11) is 0. The predicted molar refractivity (Wildman–Crippen MR) is 111 cm³/mol. The molecule has 0 atom stereocenters. The molecule has 0 radical (unpaired) electrons. The lowest BCUT2D eigenvalue weighted by Gasteiger charge is -2.06. The number of carbonyl (C=O) groups excluding carboxylic acids is 1. The number of nitrogens with one attached hydrogen (secondary N) is 2. The highest BCUT2D eigenvalue weighted by Crippen LogP contribution is 2.21. The maximum Gasteiger partial charge on any atom is 0.230 e. The van der Waals surface area contributed by atoms with Crippen molar-refractivity contribution >= 4 is 53.0 Å². The molecule has 0 saturated carbocycles. The van der Waals surface area contributed by atoms with Gasteiger partial charge < -0.3 is 5.32 Å². The largest absolute Gasteiger partial charge is 0.351 e. The zero-order valence-corrected chi connectivity index (χ0v) is 16.8. The standard InChI is InChI=1S/C19H15Cl2FN4OS/c20-14-5-4-13(16(21)9-14)10-23-18(27)11-28-19-24-17(25-26-19)8-3-12-1-6-15(22)7-2-12/h1-9H,10-11H2,(H,23,27)(H,24,25,26)/b8-3+. The highest BCUT2D eigenvalue weighted by molar-refractivity contribution is 7.99. The molecular formula is C19H15Cl2FN4OS. The second-order valence-electron chi connectivity index (χ2n) is 5.69. The van der Waals surface area contributed by atoms with Gasteiger partial charge in [0.25, 0.3) is 0 Å². The summed E-state index contributed by atoms with van der Waals surface area (Å²) in [5, 5.41) is 11.1. The number of carbonyl (C=O) groups is 1. The van der Waals surface area contributed by atoms with E-state index in [0.29, 0.717) is 27.6 Å². The number of benzene rings is 2. The number of H-pyrrole nitrogens is 1. The maximum absolute atomic E-state index is 12.9. The number of hydrogen-bond donors (Lipinski definition) is 2. The second kappa shape index (κ2) is 9.73. The molecule has 0 spiro atoms. The normalized spacial score (nSPS) is 11.1. The molecular weight excluding hydrogens is 422 g/mol. The summed E-state index contributed by atoms with van der Waals surface area (Å²) in [6.07, 6.45) is 3.52. The molecule has 2 N–H and O–H groups in total. The predicted octanol–water partition coefficient (Wildman–Crippen LogP) is 4.83. The van der Waals surface area contributed by atoms with Crippen molar-refractivity contribution in [1.29, 1.82) is 0 Å². The number of halogens is 3. The van der Waals surface area contributed by atoms with Crippen LogP contribution in [-0.2, 0) is 11.3 Å². The Morgan fingerprint density at radius 2 is 1.96 bits per heavy atom. The van der Waals surface area contributed by atoms with E-state index in [9.17, 15) is 9.18 Å². The van der Waals surface area contributed by atoms with Gasteiger partial charge in [0, 0.05) is 16.6 Å². The van der Waals surface area contributed by atoms with E-state index < -0.39 is 0 Å². The molecule has 0 saturated heterocycles. The number of thioether (sulfide) groups is 1. The quantitative estimate of drug-likeness (QED) is 0.520. The molecule has 3 aromatic rings. The van der Waals surface area contributed by atoms with E-state index in [1.54, 1.807) is 42.5 Å². The van der Waals surface area contributed by atoms with Crippen molar-refractivity contribution in [3.8, 4) is 0 Å². The first-order chi connectivity index (χ1) is 13.5. The molecule has 0 aliphatic heterocycles. The second-order valence-corrected chi connectivity index (χ2v) is 7.48. The Labute approximate surface area is 175 Å². The lowest BCUT2D eigenvalue weighted by molar-refractivity contribution is -0.118. The molecule has 5 nitrogen and oxygen atoms in total. The van der Waals surface area contributed by atoms with E-state index in [2.05, 4.69) is 20.5 Å².